The minimum atomic E-state index is 0.466. The van der Waals surface area contributed by atoms with E-state index in [0.717, 1.165) is 11.0 Å². The molecule has 1 aromatic carbocycles. The lowest BCUT2D eigenvalue weighted by molar-refractivity contribution is 0.113. The van der Waals surface area contributed by atoms with Crippen molar-refractivity contribution in [2.45, 2.75) is 46.1 Å². The highest BCUT2D eigenvalue weighted by Gasteiger charge is 2.26. The van der Waals surface area contributed by atoms with Gasteiger partial charge in [0.25, 0.3) is 0 Å². The summed E-state index contributed by atoms with van der Waals surface area (Å²) in [5.41, 5.74) is 1.89. The fourth-order valence-electron chi connectivity index (χ4n) is 3.38. The molecule has 1 unspecified atom stereocenters. The SMILES string of the molecule is CCNC(CCN1CCCC(C)(C)C1)c1ccc(Br)cc1. The van der Waals surface area contributed by atoms with E-state index in [1.54, 1.807) is 0 Å². The van der Waals surface area contributed by atoms with Crippen LogP contribution in [0.4, 0.5) is 0 Å². The highest BCUT2D eigenvalue weighted by atomic mass is 79.9. The molecule has 3 heteroatoms. The second-order valence-corrected chi connectivity index (χ2v) is 7.91. The zero-order valence-corrected chi connectivity index (χ0v) is 15.2. The van der Waals surface area contributed by atoms with Crippen LogP contribution in [0, 0.1) is 5.41 Å². The molecule has 0 aromatic heterocycles. The number of nitrogens with zero attached hydrogens (tertiary/aromatic N) is 1. The highest BCUT2D eigenvalue weighted by Crippen LogP contribution is 2.29. The van der Waals surface area contributed by atoms with Gasteiger partial charge in [0.1, 0.15) is 0 Å². The van der Waals surface area contributed by atoms with Crippen molar-refractivity contribution in [1.29, 1.82) is 0 Å². The summed E-state index contributed by atoms with van der Waals surface area (Å²) in [5, 5.41) is 3.64. The van der Waals surface area contributed by atoms with E-state index in [9.17, 15) is 0 Å². The van der Waals surface area contributed by atoms with Gasteiger partial charge in [0.2, 0.25) is 0 Å². The zero-order chi connectivity index (χ0) is 15.3. The molecule has 1 aliphatic rings. The van der Waals surface area contributed by atoms with Gasteiger partial charge in [-0.1, -0.05) is 48.8 Å². The van der Waals surface area contributed by atoms with Gasteiger partial charge in [-0.15, -0.1) is 0 Å². The summed E-state index contributed by atoms with van der Waals surface area (Å²) in [7, 11) is 0. The lowest BCUT2D eigenvalue weighted by atomic mass is 9.84. The Kier molecular flexibility index (Phi) is 6.27. The second-order valence-electron chi connectivity index (χ2n) is 6.99. The maximum atomic E-state index is 3.64. The number of piperidine rings is 1. The maximum absolute atomic E-state index is 3.64. The van der Waals surface area contributed by atoms with E-state index in [2.05, 4.69) is 71.2 Å². The largest absolute Gasteiger partial charge is 0.310 e. The van der Waals surface area contributed by atoms with E-state index >= 15 is 0 Å². The predicted molar refractivity (Wildman–Crippen MR) is 94.6 cm³/mol. The number of hydrogen-bond acceptors (Lipinski definition) is 2. The van der Waals surface area contributed by atoms with E-state index in [4.69, 9.17) is 0 Å². The van der Waals surface area contributed by atoms with Gasteiger partial charge >= 0.3 is 0 Å². The molecule has 1 saturated heterocycles. The molecule has 1 heterocycles. The molecule has 0 bridgehead atoms. The molecule has 1 atom stereocenters. The third kappa shape index (κ3) is 5.39. The first-order valence-electron chi connectivity index (χ1n) is 8.21. The number of benzene rings is 1. The molecule has 1 fully saturated rings. The van der Waals surface area contributed by atoms with Gasteiger partial charge in [-0.2, -0.15) is 0 Å². The van der Waals surface area contributed by atoms with Crippen LogP contribution >= 0.6 is 15.9 Å². The fraction of sp³-hybridized carbons (Fsp3) is 0.667. The zero-order valence-electron chi connectivity index (χ0n) is 13.7. The van der Waals surface area contributed by atoms with Gasteiger partial charge in [-0.25, -0.2) is 0 Å². The average Bonchev–Trinajstić information content (AvgIpc) is 2.43. The minimum absolute atomic E-state index is 0.466. The van der Waals surface area contributed by atoms with Crippen LogP contribution in [0.2, 0.25) is 0 Å². The molecule has 1 N–H and O–H groups in total. The number of halogens is 1. The van der Waals surface area contributed by atoms with Crippen LogP contribution in [0.15, 0.2) is 28.7 Å². The molecule has 0 aliphatic carbocycles. The fourth-order valence-corrected chi connectivity index (χ4v) is 3.64. The summed E-state index contributed by atoms with van der Waals surface area (Å²) in [5.74, 6) is 0. The summed E-state index contributed by atoms with van der Waals surface area (Å²) in [4.78, 5) is 2.65. The van der Waals surface area contributed by atoms with Crippen molar-refractivity contribution >= 4 is 15.9 Å². The molecule has 0 radical (unpaired) electrons. The molecule has 1 aromatic rings. The van der Waals surface area contributed by atoms with Gasteiger partial charge in [-0.05, 0) is 62.0 Å². The molecule has 0 amide bonds. The molecule has 21 heavy (non-hydrogen) atoms. The van der Waals surface area contributed by atoms with E-state index in [1.807, 2.05) is 0 Å². The molecule has 0 spiro atoms. The van der Waals surface area contributed by atoms with Crippen LogP contribution in [0.5, 0.6) is 0 Å². The van der Waals surface area contributed by atoms with Crippen molar-refractivity contribution in [2.24, 2.45) is 5.41 Å². The Labute approximate surface area is 138 Å². The van der Waals surface area contributed by atoms with E-state index in [0.29, 0.717) is 11.5 Å². The highest BCUT2D eigenvalue weighted by molar-refractivity contribution is 9.10. The number of rotatable bonds is 6. The lowest BCUT2D eigenvalue weighted by Gasteiger charge is -2.38. The maximum Gasteiger partial charge on any atom is 0.0332 e. The van der Waals surface area contributed by atoms with Gasteiger partial charge in [-0.3, -0.25) is 0 Å². The molecule has 0 saturated carbocycles. The topological polar surface area (TPSA) is 15.3 Å². The summed E-state index contributed by atoms with van der Waals surface area (Å²) >= 11 is 3.52. The standard InChI is InChI=1S/C18H29BrN2/c1-4-20-17(15-6-8-16(19)9-7-15)10-13-21-12-5-11-18(2,3)14-21/h6-9,17,20H,4-5,10-14H2,1-3H3. The van der Waals surface area contributed by atoms with Crippen LogP contribution in [-0.2, 0) is 0 Å². The van der Waals surface area contributed by atoms with Crippen molar-refractivity contribution in [3.63, 3.8) is 0 Å². The molecule has 118 valence electrons. The first kappa shape index (κ1) is 17.0. The Morgan fingerprint density at radius 3 is 2.62 bits per heavy atom. The molecular weight excluding hydrogens is 324 g/mol. The molecule has 2 nitrogen and oxygen atoms in total. The van der Waals surface area contributed by atoms with E-state index < -0.39 is 0 Å². The van der Waals surface area contributed by atoms with Crippen molar-refractivity contribution < 1.29 is 0 Å². The van der Waals surface area contributed by atoms with Crippen molar-refractivity contribution in [3.8, 4) is 0 Å². The first-order valence-corrected chi connectivity index (χ1v) is 9.01. The number of nitrogens with one attached hydrogen (secondary N) is 1. The van der Waals surface area contributed by atoms with Crippen LogP contribution in [0.1, 0.15) is 51.6 Å². The van der Waals surface area contributed by atoms with Gasteiger partial charge in [0.15, 0.2) is 0 Å². The van der Waals surface area contributed by atoms with Crippen LogP contribution in [-0.4, -0.2) is 31.1 Å². The van der Waals surface area contributed by atoms with Crippen LogP contribution < -0.4 is 5.32 Å². The summed E-state index contributed by atoms with van der Waals surface area (Å²) in [6, 6.07) is 9.22. The molecule has 1 aliphatic heterocycles. The first-order chi connectivity index (χ1) is 10.00. The summed E-state index contributed by atoms with van der Waals surface area (Å²) in [6.45, 7) is 11.7. The number of hydrogen-bond donors (Lipinski definition) is 1. The van der Waals surface area contributed by atoms with Crippen molar-refractivity contribution in [3.05, 3.63) is 34.3 Å². The predicted octanol–water partition coefficient (Wildman–Crippen LogP) is 4.61. The Hall–Kier alpha value is -0.380. The van der Waals surface area contributed by atoms with E-state index in [-0.39, 0.29) is 0 Å². The van der Waals surface area contributed by atoms with E-state index in [1.165, 1.54) is 44.5 Å². The van der Waals surface area contributed by atoms with Gasteiger partial charge in [0, 0.05) is 17.1 Å². The third-order valence-electron chi connectivity index (χ3n) is 4.44. The van der Waals surface area contributed by atoms with Gasteiger partial charge < -0.3 is 10.2 Å². The second kappa shape index (κ2) is 7.75. The Bertz CT molecular complexity index is 427. The molecule has 2 rings (SSSR count). The Balaban J connectivity index is 1.92. The summed E-state index contributed by atoms with van der Waals surface area (Å²) < 4.78 is 1.15. The van der Waals surface area contributed by atoms with Gasteiger partial charge in [0.05, 0.1) is 0 Å². The van der Waals surface area contributed by atoms with Crippen LogP contribution in [0.3, 0.4) is 0 Å². The quantitative estimate of drug-likeness (QED) is 0.803. The van der Waals surface area contributed by atoms with Crippen molar-refractivity contribution in [1.82, 2.24) is 10.2 Å². The average molecular weight is 353 g/mol. The molecular formula is C18H29BrN2. The minimum Gasteiger partial charge on any atom is -0.310 e. The lowest BCUT2D eigenvalue weighted by Crippen LogP contribution is -2.41. The smallest absolute Gasteiger partial charge is 0.0332 e. The third-order valence-corrected chi connectivity index (χ3v) is 4.97. The van der Waals surface area contributed by atoms with Crippen LogP contribution in [0.25, 0.3) is 0 Å². The Morgan fingerprint density at radius 1 is 1.29 bits per heavy atom. The number of likely N-dealkylation sites (tertiary alicyclic amines) is 1. The monoisotopic (exact) mass is 352 g/mol. The Morgan fingerprint density at radius 2 is 2.00 bits per heavy atom. The normalized spacial score (nSPS) is 20.4. The summed E-state index contributed by atoms with van der Waals surface area (Å²) in [6.07, 6.45) is 3.90. The van der Waals surface area contributed by atoms with Crippen molar-refractivity contribution in [2.75, 3.05) is 26.2 Å².